The number of pyridine rings is 1. The normalized spacial score (nSPS) is 23.0. The molecular formula is C28H39N5O3S. The molecule has 0 spiro atoms. The Kier molecular flexibility index (Phi) is 6.81. The van der Waals surface area contributed by atoms with Crippen molar-refractivity contribution in [1.82, 2.24) is 19.3 Å². The fourth-order valence-corrected chi connectivity index (χ4v) is 8.66. The van der Waals surface area contributed by atoms with Crippen molar-refractivity contribution in [1.29, 1.82) is 0 Å². The monoisotopic (exact) mass is 525 g/mol. The summed E-state index contributed by atoms with van der Waals surface area (Å²) in [7, 11) is -3.55. The summed E-state index contributed by atoms with van der Waals surface area (Å²) in [6.07, 6.45) is 6.60. The van der Waals surface area contributed by atoms with E-state index in [0.29, 0.717) is 37.5 Å². The Bertz CT molecular complexity index is 1450. The van der Waals surface area contributed by atoms with Gasteiger partial charge in [-0.1, -0.05) is 45.4 Å². The molecule has 2 heterocycles. The first-order valence-electron chi connectivity index (χ1n) is 13.6. The summed E-state index contributed by atoms with van der Waals surface area (Å²) in [5.41, 5.74) is 7.90. The van der Waals surface area contributed by atoms with E-state index in [4.69, 9.17) is 10.7 Å². The molecule has 0 radical (unpaired) electrons. The smallest absolute Gasteiger partial charge is 0.212 e. The number of ketones is 1. The number of nitrogens with two attached hydrogens (primary N) is 1. The number of imidazole rings is 1. The third-order valence-corrected chi connectivity index (χ3v) is 10.7. The maximum absolute atomic E-state index is 13.0. The highest BCUT2D eigenvalue weighted by molar-refractivity contribution is 7.89. The van der Waals surface area contributed by atoms with Crippen LogP contribution in [0, 0.1) is 16.7 Å². The second kappa shape index (κ2) is 9.66. The number of unbranched alkanes of at least 4 members (excludes halogenated alkanes) is 2. The summed E-state index contributed by atoms with van der Waals surface area (Å²) in [5, 5.41) is 1.03. The fourth-order valence-electron chi connectivity index (χ4n) is 6.78. The number of hydrogen-bond donors (Lipinski definition) is 2. The van der Waals surface area contributed by atoms with Gasteiger partial charge in [0.2, 0.25) is 10.0 Å². The summed E-state index contributed by atoms with van der Waals surface area (Å²) in [4.78, 5) is 22.2. The van der Waals surface area contributed by atoms with Crippen molar-refractivity contribution in [2.45, 2.75) is 78.7 Å². The van der Waals surface area contributed by atoms with E-state index in [1.807, 2.05) is 18.2 Å². The van der Waals surface area contributed by atoms with E-state index in [0.717, 1.165) is 66.4 Å². The Morgan fingerprint density at radius 1 is 1.16 bits per heavy atom. The molecule has 0 amide bonds. The van der Waals surface area contributed by atoms with Crippen LogP contribution in [0.25, 0.3) is 21.9 Å². The molecule has 9 heteroatoms. The second-order valence-electron chi connectivity index (χ2n) is 11.5. The SMILES string of the molecule is CCCCc1nc2c(N)nc3ccccc3c2n1CCCCNS(=O)(=O)C[C@@]12CC[C@@H](CC1=O)C2(C)C. The molecule has 2 fully saturated rings. The van der Waals surface area contributed by atoms with Crippen molar-refractivity contribution < 1.29 is 13.2 Å². The van der Waals surface area contributed by atoms with Crippen molar-refractivity contribution in [3.8, 4) is 0 Å². The molecule has 8 nitrogen and oxygen atoms in total. The molecule has 2 atom stereocenters. The number of nitrogens with one attached hydrogen (secondary N) is 1. The summed E-state index contributed by atoms with van der Waals surface area (Å²) >= 11 is 0. The van der Waals surface area contributed by atoms with Crippen LogP contribution in [0.5, 0.6) is 0 Å². The number of Topliss-reactive ketones (excluding diaryl/α,β-unsaturated/α-hetero) is 1. The van der Waals surface area contributed by atoms with Gasteiger partial charge in [0.1, 0.15) is 17.1 Å². The minimum Gasteiger partial charge on any atom is -0.382 e. The van der Waals surface area contributed by atoms with Crippen molar-refractivity contribution in [2.24, 2.45) is 16.7 Å². The van der Waals surface area contributed by atoms with E-state index in [2.05, 4.69) is 41.1 Å². The number of carbonyl (C=O) groups is 1. The molecule has 5 rings (SSSR count). The summed E-state index contributed by atoms with van der Waals surface area (Å²) in [6.45, 7) is 7.39. The van der Waals surface area contributed by atoms with Crippen molar-refractivity contribution in [3.05, 3.63) is 30.1 Å². The number of hydrogen-bond acceptors (Lipinski definition) is 6. The van der Waals surface area contributed by atoms with Gasteiger partial charge in [-0.15, -0.1) is 0 Å². The van der Waals surface area contributed by atoms with Gasteiger partial charge in [0, 0.05) is 36.7 Å². The molecule has 3 aromatic rings. The highest BCUT2D eigenvalue weighted by atomic mass is 32.2. The van der Waals surface area contributed by atoms with E-state index < -0.39 is 15.4 Å². The maximum atomic E-state index is 13.0. The van der Waals surface area contributed by atoms with Gasteiger partial charge in [0.05, 0.1) is 16.8 Å². The summed E-state index contributed by atoms with van der Waals surface area (Å²) in [6, 6.07) is 7.97. The predicted octanol–water partition coefficient (Wildman–Crippen LogP) is 4.60. The molecule has 2 aromatic heterocycles. The van der Waals surface area contributed by atoms with Gasteiger partial charge in [-0.05, 0) is 49.5 Å². The Balaban J connectivity index is 1.28. The van der Waals surface area contributed by atoms with E-state index in [9.17, 15) is 13.2 Å². The van der Waals surface area contributed by atoms with Gasteiger partial charge in [-0.3, -0.25) is 4.79 Å². The van der Waals surface area contributed by atoms with Crippen molar-refractivity contribution >= 4 is 43.6 Å². The molecule has 200 valence electrons. The minimum atomic E-state index is -3.55. The predicted molar refractivity (Wildman–Crippen MR) is 148 cm³/mol. The number of rotatable bonds is 11. The molecule has 37 heavy (non-hydrogen) atoms. The van der Waals surface area contributed by atoms with E-state index in [1.165, 1.54) is 0 Å². The van der Waals surface area contributed by atoms with Crippen molar-refractivity contribution in [2.75, 3.05) is 18.0 Å². The number of aromatic nitrogens is 3. The summed E-state index contributed by atoms with van der Waals surface area (Å²) in [5.74, 6) is 1.79. The Hall–Kier alpha value is -2.52. The van der Waals surface area contributed by atoms with Crippen LogP contribution in [0.4, 0.5) is 5.82 Å². The van der Waals surface area contributed by atoms with Gasteiger partial charge in [-0.2, -0.15) is 0 Å². The van der Waals surface area contributed by atoms with Gasteiger partial charge < -0.3 is 10.3 Å². The Morgan fingerprint density at radius 3 is 2.65 bits per heavy atom. The maximum Gasteiger partial charge on any atom is 0.212 e. The molecule has 0 unspecified atom stereocenters. The fraction of sp³-hybridized carbons (Fsp3) is 0.607. The number of nitrogens with zero attached hydrogens (tertiary/aromatic N) is 3. The summed E-state index contributed by atoms with van der Waals surface area (Å²) < 4.78 is 31.1. The highest BCUT2D eigenvalue weighted by Gasteiger charge is 2.65. The molecule has 2 bridgehead atoms. The molecule has 0 aliphatic heterocycles. The molecule has 0 saturated heterocycles. The lowest BCUT2D eigenvalue weighted by Crippen LogP contribution is -2.45. The highest BCUT2D eigenvalue weighted by Crippen LogP contribution is 2.64. The molecule has 2 saturated carbocycles. The number of sulfonamides is 1. The average Bonchev–Trinajstić information content (AvgIpc) is 3.39. The molecule has 3 N–H and O–H groups in total. The topological polar surface area (TPSA) is 120 Å². The standard InChI is InChI=1S/C28H39N5O3S/c1-4-5-12-23-32-24-25(20-10-6-7-11-21(20)31-26(24)29)33(23)16-9-8-15-30-37(35,36)18-28-14-13-19(17-22(28)34)27(28,2)3/h6-7,10-11,19,30H,4-5,8-9,12-18H2,1-3H3,(H2,29,31)/t19-,28-/m0/s1. The van der Waals surface area contributed by atoms with Crippen LogP contribution in [0.1, 0.15) is 71.5 Å². The quantitative estimate of drug-likeness (QED) is 0.353. The zero-order chi connectivity index (χ0) is 26.4. The number of anilines is 1. The van der Waals surface area contributed by atoms with Crippen LogP contribution in [-0.2, 0) is 27.8 Å². The van der Waals surface area contributed by atoms with Crippen LogP contribution in [0.3, 0.4) is 0 Å². The third-order valence-electron chi connectivity index (χ3n) is 9.15. The molecular weight excluding hydrogens is 486 g/mol. The lowest BCUT2D eigenvalue weighted by atomic mass is 9.70. The first-order chi connectivity index (χ1) is 17.6. The van der Waals surface area contributed by atoms with E-state index >= 15 is 0 Å². The number of aryl methyl sites for hydroxylation is 2. The largest absolute Gasteiger partial charge is 0.382 e. The van der Waals surface area contributed by atoms with Gasteiger partial charge in [-0.25, -0.2) is 23.1 Å². The minimum absolute atomic E-state index is 0.0894. The first-order valence-corrected chi connectivity index (χ1v) is 15.3. The van der Waals surface area contributed by atoms with Crippen LogP contribution in [0.2, 0.25) is 0 Å². The number of nitrogen functional groups attached to an aromatic ring is 1. The van der Waals surface area contributed by atoms with Gasteiger partial charge in [0.25, 0.3) is 0 Å². The number of carbonyl (C=O) groups excluding carboxylic acids is 1. The van der Waals surface area contributed by atoms with Crippen LogP contribution in [-0.4, -0.2) is 41.0 Å². The zero-order valence-corrected chi connectivity index (χ0v) is 23.0. The molecule has 1 aromatic carbocycles. The molecule has 2 aliphatic rings. The van der Waals surface area contributed by atoms with E-state index in [1.54, 1.807) is 0 Å². The second-order valence-corrected chi connectivity index (χ2v) is 13.3. The zero-order valence-electron chi connectivity index (χ0n) is 22.2. The van der Waals surface area contributed by atoms with Crippen LogP contribution >= 0.6 is 0 Å². The van der Waals surface area contributed by atoms with E-state index in [-0.39, 0.29) is 17.0 Å². The molecule has 2 aliphatic carbocycles. The van der Waals surface area contributed by atoms with Crippen molar-refractivity contribution in [3.63, 3.8) is 0 Å². The van der Waals surface area contributed by atoms with Crippen LogP contribution < -0.4 is 10.5 Å². The number of para-hydroxylation sites is 1. The lowest BCUT2D eigenvalue weighted by Gasteiger charge is -2.36. The van der Waals surface area contributed by atoms with Gasteiger partial charge >= 0.3 is 0 Å². The average molecular weight is 526 g/mol. The lowest BCUT2D eigenvalue weighted by molar-refractivity contribution is -0.128. The Morgan fingerprint density at radius 2 is 1.95 bits per heavy atom. The Labute approximate surface area is 219 Å². The first kappa shape index (κ1) is 26.1. The third kappa shape index (κ3) is 4.44. The van der Waals surface area contributed by atoms with Crippen LogP contribution in [0.15, 0.2) is 24.3 Å². The van der Waals surface area contributed by atoms with Gasteiger partial charge in [0.15, 0.2) is 5.82 Å². The number of fused-ring (bicyclic) bond motifs is 5. The number of benzene rings is 1.